The van der Waals surface area contributed by atoms with Gasteiger partial charge in [0.2, 0.25) is 10.0 Å². The second-order valence-corrected chi connectivity index (χ2v) is 7.61. The maximum absolute atomic E-state index is 12.2. The number of methoxy groups -OCH3 is 1. The van der Waals surface area contributed by atoms with Gasteiger partial charge in [-0.05, 0) is 18.8 Å². The third-order valence-corrected chi connectivity index (χ3v) is 5.77. The van der Waals surface area contributed by atoms with Gasteiger partial charge in [0.15, 0.2) is 0 Å². The molecule has 0 N–H and O–H groups in total. The molecule has 0 radical (unpaired) electrons. The fourth-order valence-corrected chi connectivity index (χ4v) is 4.19. The van der Waals surface area contributed by atoms with Crippen molar-refractivity contribution in [2.75, 3.05) is 26.5 Å². The van der Waals surface area contributed by atoms with Crippen LogP contribution in [0.25, 0.3) is 0 Å². The molecule has 6 heteroatoms. The molecule has 112 valence electrons. The zero-order valence-corrected chi connectivity index (χ0v) is 12.9. The molecule has 0 aromatic heterocycles. The summed E-state index contributed by atoms with van der Waals surface area (Å²) in [6.07, 6.45) is 5.47. The fraction of sp³-hybridized carbons (Fsp3) is 0.923. The average Bonchev–Trinajstić information content (AvgIpc) is 2.38. The molecule has 0 spiro atoms. The molecular formula is C13H25NO4S. The number of rotatable bonds is 6. The number of sulfonamides is 1. The fourth-order valence-electron chi connectivity index (χ4n) is 2.55. The predicted molar refractivity (Wildman–Crippen MR) is 74.2 cm³/mol. The van der Waals surface area contributed by atoms with E-state index < -0.39 is 15.9 Å². The number of carbonyl (C=O) groups excluding carboxylic acids is 1. The average molecular weight is 291 g/mol. The summed E-state index contributed by atoms with van der Waals surface area (Å²) in [7, 11) is -0.417. The lowest BCUT2D eigenvalue weighted by Gasteiger charge is -2.25. The van der Waals surface area contributed by atoms with Gasteiger partial charge in [-0.25, -0.2) is 12.7 Å². The van der Waals surface area contributed by atoms with E-state index in [1.807, 2.05) is 0 Å². The highest BCUT2D eigenvalue weighted by molar-refractivity contribution is 7.89. The highest BCUT2D eigenvalue weighted by Crippen LogP contribution is 2.25. The molecule has 0 saturated heterocycles. The minimum Gasteiger partial charge on any atom is -0.469 e. The van der Waals surface area contributed by atoms with Crippen molar-refractivity contribution >= 4 is 16.0 Å². The molecule has 5 nitrogen and oxygen atoms in total. The Morgan fingerprint density at radius 2 is 1.89 bits per heavy atom. The normalized spacial score (nSPS) is 19.4. The van der Waals surface area contributed by atoms with Crippen molar-refractivity contribution in [1.29, 1.82) is 0 Å². The number of carbonyl (C=O) groups is 1. The monoisotopic (exact) mass is 291 g/mol. The van der Waals surface area contributed by atoms with Gasteiger partial charge in [0.1, 0.15) is 0 Å². The number of nitrogens with zero attached hydrogens (tertiary/aromatic N) is 1. The van der Waals surface area contributed by atoms with Crippen LogP contribution in [0.3, 0.4) is 0 Å². The second-order valence-electron chi connectivity index (χ2n) is 5.49. The number of ether oxygens (including phenoxy) is 1. The van der Waals surface area contributed by atoms with Gasteiger partial charge < -0.3 is 4.74 Å². The van der Waals surface area contributed by atoms with Gasteiger partial charge in [-0.15, -0.1) is 0 Å². The Morgan fingerprint density at radius 3 is 2.42 bits per heavy atom. The van der Waals surface area contributed by atoms with Gasteiger partial charge in [0.05, 0.1) is 18.8 Å². The zero-order chi connectivity index (χ0) is 14.5. The van der Waals surface area contributed by atoms with Crippen LogP contribution in [0.2, 0.25) is 0 Å². The Hall–Kier alpha value is -0.620. The molecule has 1 unspecified atom stereocenters. The van der Waals surface area contributed by atoms with E-state index >= 15 is 0 Å². The Morgan fingerprint density at radius 1 is 1.32 bits per heavy atom. The van der Waals surface area contributed by atoms with Crippen LogP contribution in [0.15, 0.2) is 0 Å². The van der Waals surface area contributed by atoms with E-state index in [2.05, 4.69) is 4.74 Å². The van der Waals surface area contributed by atoms with Crippen molar-refractivity contribution in [3.63, 3.8) is 0 Å². The second kappa shape index (κ2) is 7.24. The third-order valence-electron chi connectivity index (χ3n) is 3.78. The summed E-state index contributed by atoms with van der Waals surface area (Å²) in [5.41, 5.74) is 0. The Kier molecular flexibility index (Phi) is 6.26. The first-order valence-electron chi connectivity index (χ1n) is 6.88. The van der Waals surface area contributed by atoms with E-state index in [1.165, 1.54) is 24.9 Å². The first kappa shape index (κ1) is 16.4. The number of esters is 1. The van der Waals surface area contributed by atoms with E-state index in [1.54, 1.807) is 6.92 Å². The van der Waals surface area contributed by atoms with E-state index in [0.717, 1.165) is 25.7 Å². The number of hydrogen-bond donors (Lipinski definition) is 0. The van der Waals surface area contributed by atoms with Gasteiger partial charge >= 0.3 is 5.97 Å². The van der Waals surface area contributed by atoms with Crippen LogP contribution in [-0.4, -0.2) is 45.1 Å². The topological polar surface area (TPSA) is 63.7 Å². The predicted octanol–water partition coefficient (Wildman–Crippen LogP) is 1.64. The molecule has 1 aliphatic carbocycles. The van der Waals surface area contributed by atoms with Crippen LogP contribution in [-0.2, 0) is 19.6 Å². The van der Waals surface area contributed by atoms with Crippen molar-refractivity contribution in [1.82, 2.24) is 4.31 Å². The van der Waals surface area contributed by atoms with E-state index in [0.29, 0.717) is 0 Å². The van der Waals surface area contributed by atoms with E-state index in [4.69, 9.17) is 0 Å². The number of hydrogen-bond acceptors (Lipinski definition) is 4. The van der Waals surface area contributed by atoms with Gasteiger partial charge in [-0.1, -0.05) is 26.2 Å². The summed E-state index contributed by atoms with van der Waals surface area (Å²) in [6, 6.07) is 0. The summed E-state index contributed by atoms with van der Waals surface area (Å²) in [5.74, 6) is -0.331. The molecule has 1 rings (SSSR count). The molecule has 19 heavy (non-hydrogen) atoms. The first-order valence-corrected chi connectivity index (χ1v) is 8.49. The van der Waals surface area contributed by atoms with E-state index in [9.17, 15) is 13.2 Å². The van der Waals surface area contributed by atoms with Crippen LogP contribution in [0.1, 0.15) is 39.0 Å². The minimum absolute atomic E-state index is 0.182. The van der Waals surface area contributed by atoms with Crippen LogP contribution < -0.4 is 0 Å². The largest absolute Gasteiger partial charge is 0.469 e. The van der Waals surface area contributed by atoms with Crippen LogP contribution in [0.4, 0.5) is 0 Å². The molecule has 0 aromatic rings. The Balaban J connectivity index is 2.53. The molecule has 0 aromatic carbocycles. The molecule has 0 aliphatic heterocycles. The van der Waals surface area contributed by atoms with Gasteiger partial charge in [0, 0.05) is 13.6 Å². The highest BCUT2D eigenvalue weighted by atomic mass is 32.2. The highest BCUT2D eigenvalue weighted by Gasteiger charge is 2.27. The Labute approximate surface area is 116 Å². The maximum atomic E-state index is 12.2. The summed E-state index contributed by atoms with van der Waals surface area (Å²) in [4.78, 5) is 11.3. The lowest BCUT2D eigenvalue weighted by atomic mass is 9.91. The molecule has 1 atom stereocenters. The van der Waals surface area contributed by atoms with Gasteiger partial charge in [-0.2, -0.15) is 0 Å². The van der Waals surface area contributed by atoms with E-state index in [-0.39, 0.29) is 24.2 Å². The van der Waals surface area contributed by atoms with Crippen LogP contribution in [0.5, 0.6) is 0 Å². The standard InChI is InChI=1S/C13H25NO4S/c1-11(13(15)18-3)9-14(2)19(16,17)10-12-7-5-4-6-8-12/h11-12H,4-10H2,1-3H3. The molecule has 1 aliphatic rings. The van der Waals surface area contributed by atoms with Crippen molar-refractivity contribution in [2.24, 2.45) is 11.8 Å². The molecular weight excluding hydrogens is 266 g/mol. The summed E-state index contributed by atoms with van der Waals surface area (Å²) in [5, 5.41) is 0. The van der Waals surface area contributed by atoms with Crippen molar-refractivity contribution in [3.05, 3.63) is 0 Å². The van der Waals surface area contributed by atoms with Crippen LogP contribution >= 0.6 is 0 Å². The van der Waals surface area contributed by atoms with Crippen molar-refractivity contribution in [3.8, 4) is 0 Å². The molecule has 0 heterocycles. The molecule has 1 fully saturated rings. The SMILES string of the molecule is COC(=O)C(C)CN(C)S(=O)(=O)CC1CCCCC1. The summed E-state index contributed by atoms with van der Waals surface area (Å²) >= 11 is 0. The first-order chi connectivity index (χ1) is 8.86. The lowest BCUT2D eigenvalue weighted by molar-refractivity contribution is -0.144. The van der Waals surface area contributed by atoms with Gasteiger partial charge in [-0.3, -0.25) is 4.79 Å². The molecule has 0 amide bonds. The maximum Gasteiger partial charge on any atom is 0.309 e. The third kappa shape index (κ3) is 5.10. The zero-order valence-electron chi connectivity index (χ0n) is 12.1. The lowest BCUT2D eigenvalue weighted by Crippen LogP contribution is -2.37. The summed E-state index contributed by atoms with van der Waals surface area (Å²) in [6.45, 7) is 1.86. The van der Waals surface area contributed by atoms with Crippen molar-refractivity contribution in [2.45, 2.75) is 39.0 Å². The Bertz CT molecular complexity index is 387. The molecule has 1 saturated carbocycles. The minimum atomic E-state index is -3.27. The van der Waals surface area contributed by atoms with Gasteiger partial charge in [0.25, 0.3) is 0 Å². The van der Waals surface area contributed by atoms with Crippen molar-refractivity contribution < 1.29 is 17.9 Å². The van der Waals surface area contributed by atoms with Crippen LogP contribution in [0, 0.1) is 11.8 Å². The smallest absolute Gasteiger partial charge is 0.309 e. The molecule has 0 bridgehead atoms. The quantitative estimate of drug-likeness (QED) is 0.698. The summed E-state index contributed by atoms with van der Waals surface area (Å²) < 4.78 is 30.3.